The maximum atomic E-state index is 10.0. The average molecular weight is 205 g/mol. The van der Waals surface area contributed by atoms with E-state index in [1.54, 1.807) is 0 Å². The molecule has 8 nitrogen and oxygen atoms in total. The van der Waals surface area contributed by atoms with Gasteiger partial charge in [-0.25, -0.2) is 0 Å². The van der Waals surface area contributed by atoms with Gasteiger partial charge >= 0.3 is 0 Å². The van der Waals surface area contributed by atoms with Gasteiger partial charge in [0.15, 0.2) is 6.29 Å². The van der Waals surface area contributed by atoms with Crippen molar-refractivity contribution in [1.29, 1.82) is 0 Å². The number of aliphatic hydroxyl groups excluding tert-OH is 4. The predicted octanol–water partition coefficient (Wildman–Crippen LogP) is -2.06. The summed E-state index contributed by atoms with van der Waals surface area (Å²) in [6.07, 6.45) is -6.85. The van der Waals surface area contributed by atoms with Crippen LogP contribution in [-0.2, 0) is 4.79 Å². The van der Waals surface area contributed by atoms with Gasteiger partial charge in [-0.15, -0.1) is 0 Å². The first-order valence-corrected chi connectivity index (χ1v) is 3.73. The van der Waals surface area contributed by atoms with E-state index in [1.807, 2.05) is 0 Å². The third kappa shape index (κ3) is 3.69. The largest absolute Gasteiger partial charge is 0.390 e. The molecule has 14 heavy (non-hydrogen) atoms. The summed E-state index contributed by atoms with van der Waals surface area (Å²) in [5.41, 5.74) is 7.89. The van der Waals surface area contributed by atoms with Gasteiger partial charge in [0.25, 0.3) is 0 Å². The highest BCUT2D eigenvalue weighted by Gasteiger charge is 2.29. The number of azide groups is 1. The quantitative estimate of drug-likeness (QED) is 0.170. The van der Waals surface area contributed by atoms with Gasteiger partial charge in [0.1, 0.15) is 18.3 Å². The predicted molar refractivity (Wildman–Crippen MR) is 44.1 cm³/mol. The lowest BCUT2D eigenvalue weighted by Gasteiger charge is -2.22. The third-order valence-corrected chi connectivity index (χ3v) is 1.57. The highest BCUT2D eigenvalue weighted by Crippen LogP contribution is 2.04. The molecule has 80 valence electrons. The minimum Gasteiger partial charge on any atom is -0.390 e. The third-order valence-electron chi connectivity index (χ3n) is 1.57. The Kier molecular flexibility index (Phi) is 5.77. The number of carbonyl (C=O) groups is 1. The molecule has 0 rings (SSSR count). The van der Waals surface area contributed by atoms with Crippen molar-refractivity contribution in [1.82, 2.24) is 0 Å². The normalized spacial score (nSPS) is 18.9. The summed E-state index contributed by atoms with van der Waals surface area (Å²) in [6.45, 7) is -0.458. The molecule has 0 heterocycles. The van der Waals surface area contributed by atoms with Crippen molar-refractivity contribution in [2.75, 3.05) is 6.54 Å². The zero-order valence-corrected chi connectivity index (χ0v) is 7.13. The Hall–Kier alpha value is -1.18. The van der Waals surface area contributed by atoms with Gasteiger partial charge in [0.05, 0.1) is 12.6 Å². The number of hydrogen-bond donors (Lipinski definition) is 4. The van der Waals surface area contributed by atoms with Crippen molar-refractivity contribution >= 4 is 6.29 Å². The average Bonchev–Trinajstić information content (AvgIpc) is 2.22. The number of aldehydes is 1. The maximum absolute atomic E-state index is 10.0. The molecular formula is C6H11N3O5. The summed E-state index contributed by atoms with van der Waals surface area (Å²) in [4.78, 5) is 12.3. The van der Waals surface area contributed by atoms with E-state index in [9.17, 15) is 4.79 Å². The van der Waals surface area contributed by atoms with E-state index in [-0.39, 0.29) is 6.29 Å². The molecule has 0 saturated carbocycles. The Morgan fingerprint density at radius 1 is 1.29 bits per heavy atom. The van der Waals surface area contributed by atoms with Gasteiger partial charge in [0.2, 0.25) is 0 Å². The van der Waals surface area contributed by atoms with Crippen LogP contribution in [0.5, 0.6) is 0 Å². The van der Waals surface area contributed by atoms with Crippen LogP contribution >= 0.6 is 0 Å². The minimum absolute atomic E-state index is 0.0220. The summed E-state index contributed by atoms with van der Waals surface area (Å²) in [5, 5.41) is 38.9. The first-order chi connectivity index (χ1) is 6.54. The second-order valence-corrected chi connectivity index (χ2v) is 2.59. The molecule has 0 aliphatic heterocycles. The Labute approximate surface area is 79.0 Å². The lowest BCUT2D eigenvalue weighted by atomic mass is 10.0. The molecule has 0 aromatic carbocycles. The number of hydrogen-bond acceptors (Lipinski definition) is 6. The van der Waals surface area contributed by atoms with Crippen molar-refractivity contribution in [2.24, 2.45) is 5.11 Å². The summed E-state index contributed by atoms with van der Waals surface area (Å²) >= 11 is 0. The molecule has 0 fully saturated rings. The number of nitrogens with zero attached hydrogens (tertiary/aromatic N) is 3. The van der Waals surface area contributed by atoms with Crippen LogP contribution in [0.1, 0.15) is 0 Å². The molecule has 0 unspecified atom stereocenters. The SMILES string of the molecule is [N-]=[N+]=NC[C@@H](O)[C@@H](O)[C@H](O)[C@H](O)C=O. The molecular weight excluding hydrogens is 194 g/mol. The molecule has 4 N–H and O–H groups in total. The Bertz CT molecular complexity index is 230. The van der Waals surface area contributed by atoms with Crippen molar-refractivity contribution < 1.29 is 25.2 Å². The van der Waals surface area contributed by atoms with Crippen molar-refractivity contribution in [3.8, 4) is 0 Å². The van der Waals surface area contributed by atoms with Gasteiger partial charge in [0, 0.05) is 4.91 Å². The van der Waals surface area contributed by atoms with E-state index in [2.05, 4.69) is 10.0 Å². The van der Waals surface area contributed by atoms with Crippen LogP contribution in [0.4, 0.5) is 0 Å². The minimum atomic E-state index is -1.81. The lowest BCUT2D eigenvalue weighted by molar-refractivity contribution is -0.132. The summed E-state index contributed by atoms with van der Waals surface area (Å²) in [5.74, 6) is 0. The molecule has 0 aliphatic rings. The molecule has 8 heteroatoms. The molecule has 0 aliphatic carbocycles. The zero-order valence-electron chi connectivity index (χ0n) is 7.13. The van der Waals surface area contributed by atoms with Gasteiger partial charge < -0.3 is 25.2 Å². The van der Waals surface area contributed by atoms with Gasteiger partial charge in [-0.1, -0.05) is 5.11 Å². The fraction of sp³-hybridized carbons (Fsp3) is 0.833. The maximum Gasteiger partial charge on any atom is 0.151 e. The van der Waals surface area contributed by atoms with E-state index >= 15 is 0 Å². The second kappa shape index (κ2) is 6.30. The lowest BCUT2D eigenvalue weighted by Crippen LogP contribution is -2.46. The molecule has 0 aromatic heterocycles. The fourth-order valence-corrected chi connectivity index (χ4v) is 0.738. The van der Waals surface area contributed by atoms with Crippen LogP contribution in [-0.4, -0.2) is 57.7 Å². The Morgan fingerprint density at radius 2 is 1.86 bits per heavy atom. The summed E-state index contributed by atoms with van der Waals surface area (Å²) in [7, 11) is 0. The van der Waals surface area contributed by atoms with Crippen LogP contribution in [0, 0.1) is 0 Å². The monoisotopic (exact) mass is 205 g/mol. The summed E-state index contributed by atoms with van der Waals surface area (Å²) < 4.78 is 0. The number of rotatable bonds is 6. The number of carbonyl (C=O) groups excluding carboxylic acids is 1. The van der Waals surface area contributed by atoms with Crippen LogP contribution in [0.25, 0.3) is 10.4 Å². The molecule has 0 aromatic rings. The molecule has 0 radical (unpaired) electrons. The standard InChI is InChI=1S/C6H11N3O5/c7-9-8-1-3(11)5(13)6(14)4(12)2-10/h2-6,11-14H,1H2/t3-,4-,5-,6-/m1/s1. The van der Waals surface area contributed by atoms with Crippen LogP contribution in [0.15, 0.2) is 5.11 Å². The van der Waals surface area contributed by atoms with Crippen LogP contribution in [0.2, 0.25) is 0 Å². The van der Waals surface area contributed by atoms with Crippen molar-refractivity contribution in [2.45, 2.75) is 24.4 Å². The molecule has 0 saturated heterocycles. The van der Waals surface area contributed by atoms with E-state index in [0.717, 1.165) is 0 Å². The highest BCUT2D eigenvalue weighted by atomic mass is 16.4. The molecule has 0 bridgehead atoms. The van der Waals surface area contributed by atoms with Crippen molar-refractivity contribution in [3.63, 3.8) is 0 Å². The first kappa shape index (κ1) is 12.8. The summed E-state index contributed by atoms with van der Waals surface area (Å²) in [6, 6.07) is 0. The Morgan fingerprint density at radius 3 is 2.29 bits per heavy atom. The van der Waals surface area contributed by atoms with Gasteiger partial charge in [-0.2, -0.15) is 0 Å². The van der Waals surface area contributed by atoms with E-state index in [4.69, 9.17) is 26.0 Å². The number of aliphatic hydroxyl groups is 4. The van der Waals surface area contributed by atoms with E-state index in [1.165, 1.54) is 0 Å². The second-order valence-electron chi connectivity index (χ2n) is 2.59. The van der Waals surface area contributed by atoms with E-state index in [0.29, 0.717) is 0 Å². The zero-order chi connectivity index (χ0) is 11.1. The van der Waals surface area contributed by atoms with Crippen LogP contribution < -0.4 is 0 Å². The smallest absolute Gasteiger partial charge is 0.151 e. The van der Waals surface area contributed by atoms with Crippen molar-refractivity contribution in [3.05, 3.63) is 10.4 Å². The van der Waals surface area contributed by atoms with Gasteiger partial charge in [-0.3, -0.25) is 0 Å². The molecule has 0 amide bonds. The Balaban J connectivity index is 4.21. The molecule has 0 spiro atoms. The van der Waals surface area contributed by atoms with E-state index < -0.39 is 31.0 Å². The topological polar surface area (TPSA) is 147 Å². The fourth-order valence-electron chi connectivity index (χ4n) is 0.738. The van der Waals surface area contributed by atoms with Gasteiger partial charge in [-0.05, 0) is 5.53 Å². The van der Waals surface area contributed by atoms with Crippen LogP contribution in [0.3, 0.4) is 0 Å². The molecule has 4 atom stereocenters. The first-order valence-electron chi connectivity index (χ1n) is 3.73. The highest BCUT2D eigenvalue weighted by molar-refractivity contribution is 5.56.